The molecule has 0 saturated heterocycles. The predicted molar refractivity (Wildman–Crippen MR) is 75.8 cm³/mol. The maximum absolute atomic E-state index is 12.6. The van der Waals surface area contributed by atoms with Gasteiger partial charge in [0.05, 0.1) is 3.57 Å². The Hall–Kier alpha value is -0.630. The maximum atomic E-state index is 12.6. The first-order valence-electron chi connectivity index (χ1n) is 5.61. The highest BCUT2D eigenvalue weighted by atomic mass is 127. The van der Waals surface area contributed by atoms with Crippen LogP contribution in [0.15, 0.2) is 18.2 Å². The molecule has 19 heavy (non-hydrogen) atoms. The normalized spacial score (nSPS) is 17.7. The van der Waals surface area contributed by atoms with E-state index >= 15 is 0 Å². The van der Waals surface area contributed by atoms with Gasteiger partial charge in [-0.15, -0.1) is 0 Å². The molecule has 0 heterocycles. The number of ether oxygens (including phenoxy) is 1. The lowest BCUT2D eigenvalue weighted by atomic mass is 9.88. The molecule has 0 bridgehead atoms. The molecule has 104 valence electrons. The van der Waals surface area contributed by atoms with E-state index in [4.69, 9.17) is 16.3 Å². The molecule has 0 spiro atoms. The fourth-order valence-corrected chi connectivity index (χ4v) is 2.42. The van der Waals surface area contributed by atoms with Crippen LogP contribution in [0.3, 0.4) is 0 Å². The maximum Gasteiger partial charge on any atom is 0.258 e. The standard InChI is InChI=1S/C12H11ClF2INO2/c13-7-1-2-9(16)10(3-7)19-6-11(18)17-8-4-12(14,15)5-8/h1-3,8H,4-6H2,(H,17,18). The van der Waals surface area contributed by atoms with E-state index < -0.39 is 17.9 Å². The van der Waals surface area contributed by atoms with Crippen LogP contribution in [0.1, 0.15) is 12.8 Å². The lowest BCUT2D eigenvalue weighted by Gasteiger charge is -2.35. The fourth-order valence-electron chi connectivity index (χ4n) is 1.76. The second-order valence-corrected chi connectivity index (χ2v) is 5.99. The number of carbonyl (C=O) groups excluding carboxylic acids is 1. The molecule has 2 rings (SSSR count). The Morgan fingerprint density at radius 1 is 1.53 bits per heavy atom. The van der Waals surface area contributed by atoms with Crippen molar-refractivity contribution in [2.24, 2.45) is 0 Å². The molecule has 1 amide bonds. The summed E-state index contributed by atoms with van der Waals surface area (Å²) in [6.45, 7) is -0.210. The SMILES string of the molecule is O=C(COc1cc(Cl)ccc1I)NC1CC(F)(F)C1. The molecular weight excluding hydrogens is 390 g/mol. The van der Waals surface area contributed by atoms with Gasteiger partial charge in [0.15, 0.2) is 6.61 Å². The zero-order valence-corrected chi connectivity index (χ0v) is 12.7. The summed E-state index contributed by atoms with van der Waals surface area (Å²) in [6, 6.07) is 4.63. The largest absolute Gasteiger partial charge is 0.483 e. The van der Waals surface area contributed by atoms with E-state index in [0.717, 1.165) is 3.57 Å². The smallest absolute Gasteiger partial charge is 0.258 e. The van der Waals surface area contributed by atoms with Crippen molar-refractivity contribution in [2.75, 3.05) is 6.61 Å². The van der Waals surface area contributed by atoms with Crippen molar-refractivity contribution in [2.45, 2.75) is 24.8 Å². The van der Waals surface area contributed by atoms with Gasteiger partial charge in [-0.25, -0.2) is 8.78 Å². The Morgan fingerprint density at radius 3 is 2.84 bits per heavy atom. The second kappa shape index (κ2) is 5.78. The molecule has 1 aromatic rings. The average molecular weight is 402 g/mol. The minimum absolute atomic E-state index is 0.210. The summed E-state index contributed by atoms with van der Waals surface area (Å²) < 4.78 is 31.3. The third-order valence-electron chi connectivity index (χ3n) is 2.71. The molecule has 1 aliphatic rings. The van der Waals surface area contributed by atoms with Crippen molar-refractivity contribution in [3.63, 3.8) is 0 Å². The number of carbonyl (C=O) groups is 1. The van der Waals surface area contributed by atoms with Gasteiger partial charge >= 0.3 is 0 Å². The highest BCUT2D eigenvalue weighted by Gasteiger charge is 2.45. The van der Waals surface area contributed by atoms with E-state index in [1.54, 1.807) is 18.2 Å². The third kappa shape index (κ3) is 4.17. The molecule has 0 aliphatic heterocycles. The van der Waals surface area contributed by atoms with Crippen LogP contribution < -0.4 is 10.1 Å². The zero-order chi connectivity index (χ0) is 14.0. The molecule has 1 aromatic carbocycles. The van der Waals surface area contributed by atoms with Crippen molar-refractivity contribution in [3.8, 4) is 5.75 Å². The molecule has 1 aliphatic carbocycles. The van der Waals surface area contributed by atoms with Crippen molar-refractivity contribution < 1.29 is 18.3 Å². The number of hydrogen-bond donors (Lipinski definition) is 1. The van der Waals surface area contributed by atoms with Crippen LogP contribution in [-0.2, 0) is 4.79 Å². The van der Waals surface area contributed by atoms with E-state index in [1.165, 1.54) is 0 Å². The van der Waals surface area contributed by atoms with Gasteiger partial charge in [0.2, 0.25) is 0 Å². The first-order chi connectivity index (χ1) is 8.85. The van der Waals surface area contributed by atoms with Crippen LogP contribution in [0.4, 0.5) is 8.78 Å². The Bertz CT molecular complexity index is 491. The van der Waals surface area contributed by atoms with Crippen LogP contribution in [-0.4, -0.2) is 24.5 Å². The zero-order valence-electron chi connectivity index (χ0n) is 9.76. The predicted octanol–water partition coefficient (Wildman–Crippen LogP) is 3.24. The van der Waals surface area contributed by atoms with Gasteiger partial charge in [-0.05, 0) is 40.8 Å². The van der Waals surface area contributed by atoms with Crippen molar-refractivity contribution >= 4 is 40.1 Å². The molecule has 7 heteroatoms. The number of hydrogen-bond acceptors (Lipinski definition) is 2. The Balaban J connectivity index is 1.79. The monoisotopic (exact) mass is 401 g/mol. The van der Waals surface area contributed by atoms with Crippen LogP contribution in [0.5, 0.6) is 5.75 Å². The minimum Gasteiger partial charge on any atom is -0.483 e. The first kappa shape index (κ1) is 14.8. The highest BCUT2D eigenvalue weighted by Crippen LogP contribution is 2.37. The van der Waals surface area contributed by atoms with Crippen LogP contribution >= 0.6 is 34.2 Å². The lowest BCUT2D eigenvalue weighted by Crippen LogP contribution is -2.51. The molecule has 1 saturated carbocycles. The second-order valence-electron chi connectivity index (χ2n) is 4.39. The lowest BCUT2D eigenvalue weighted by molar-refractivity contribution is -0.131. The summed E-state index contributed by atoms with van der Waals surface area (Å²) >= 11 is 7.87. The summed E-state index contributed by atoms with van der Waals surface area (Å²) in [4.78, 5) is 11.5. The Labute approximate surface area is 127 Å². The minimum atomic E-state index is -2.64. The Kier molecular flexibility index (Phi) is 4.50. The number of amides is 1. The van der Waals surface area contributed by atoms with Crippen molar-refractivity contribution in [1.29, 1.82) is 0 Å². The van der Waals surface area contributed by atoms with Gasteiger partial charge in [0.1, 0.15) is 5.75 Å². The fraction of sp³-hybridized carbons (Fsp3) is 0.417. The Morgan fingerprint density at radius 2 is 2.21 bits per heavy atom. The van der Waals surface area contributed by atoms with Gasteiger partial charge in [-0.3, -0.25) is 4.79 Å². The quantitative estimate of drug-likeness (QED) is 0.787. The summed E-state index contributed by atoms with van der Waals surface area (Å²) in [5, 5.41) is 3.01. The van der Waals surface area contributed by atoms with Gasteiger partial charge < -0.3 is 10.1 Å². The molecule has 0 unspecified atom stereocenters. The molecular formula is C12H11ClF2INO2. The van der Waals surface area contributed by atoms with Crippen LogP contribution in [0, 0.1) is 3.57 Å². The highest BCUT2D eigenvalue weighted by molar-refractivity contribution is 14.1. The summed E-state index contributed by atoms with van der Waals surface area (Å²) in [7, 11) is 0. The van der Waals surface area contributed by atoms with E-state index in [1.807, 2.05) is 0 Å². The van der Waals surface area contributed by atoms with Crippen LogP contribution in [0.2, 0.25) is 5.02 Å². The van der Waals surface area contributed by atoms with Gasteiger partial charge in [-0.1, -0.05) is 11.6 Å². The molecule has 0 atom stereocenters. The molecule has 3 nitrogen and oxygen atoms in total. The molecule has 1 fully saturated rings. The summed E-state index contributed by atoms with van der Waals surface area (Å²) in [6.07, 6.45) is -0.596. The van der Waals surface area contributed by atoms with Crippen molar-refractivity contribution in [1.82, 2.24) is 5.32 Å². The molecule has 0 radical (unpaired) electrons. The third-order valence-corrected chi connectivity index (χ3v) is 3.83. The summed E-state index contributed by atoms with van der Waals surface area (Å²) in [5.41, 5.74) is 0. The number of alkyl halides is 2. The molecule has 0 aromatic heterocycles. The average Bonchev–Trinajstić information content (AvgIpc) is 2.28. The van der Waals surface area contributed by atoms with E-state index in [2.05, 4.69) is 27.9 Å². The van der Waals surface area contributed by atoms with Crippen LogP contribution in [0.25, 0.3) is 0 Å². The van der Waals surface area contributed by atoms with E-state index in [0.29, 0.717) is 10.8 Å². The number of rotatable bonds is 4. The van der Waals surface area contributed by atoms with Gasteiger partial charge in [0.25, 0.3) is 11.8 Å². The summed E-state index contributed by atoms with van der Waals surface area (Å²) in [5.74, 6) is -2.54. The van der Waals surface area contributed by atoms with Crippen molar-refractivity contribution in [3.05, 3.63) is 26.8 Å². The van der Waals surface area contributed by atoms with E-state index in [-0.39, 0.29) is 19.4 Å². The number of nitrogens with one attached hydrogen (secondary N) is 1. The number of benzene rings is 1. The van der Waals surface area contributed by atoms with Gasteiger partial charge in [-0.2, -0.15) is 0 Å². The van der Waals surface area contributed by atoms with E-state index in [9.17, 15) is 13.6 Å². The first-order valence-corrected chi connectivity index (χ1v) is 7.06. The topological polar surface area (TPSA) is 38.3 Å². The van der Waals surface area contributed by atoms with Gasteiger partial charge in [0, 0.05) is 23.9 Å². The number of halogens is 4. The molecule has 1 N–H and O–H groups in total.